The van der Waals surface area contributed by atoms with Gasteiger partial charge in [-0.2, -0.15) is 18.2 Å². The van der Waals surface area contributed by atoms with Gasteiger partial charge in [-0.25, -0.2) is 0 Å². The Bertz CT molecular complexity index is 852. The van der Waals surface area contributed by atoms with Gasteiger partial charge in [-0.15, -0.1) is 0 Å². The van der Waals surface area contributed by atoms with Crippen molar-refractivity contribution >= 4 is 5.91 Å². The second kappa shape index (κ2) is 6.31. The first-order chi connectivity index (χ1) is 12.8. The van der Waals surface area contributed by atoms with E-state index in [9.17, 15) is 18.0 Å². The fourth-order valence-corrected chi connectivity index (χ4v) is 3.90. The maximum Gasteiger partial charge on any atom is 0.433 e. The fraction of sp³-hybridized carbons (Fsp3) is 0.556. The van der Waals surface area contributed by atoms with Crippen LogP contribution < -0.4 is 5.32 Å². The molecule has 1 amide bonds. The summed E-state index contributed by atoms with van der Waals surface area (Å²) in [6.07, 6.45) is 2.03. The molecule has 2 heterocycles. The summed E-state index contributed by atoms with van der Waals surface area (Å²) in [5.41, 5.74) is -0.472. The SMILES string of the molecule is CC(NC(=O)C1CC2(CCC2)C1)c1nc(-c2ccnc(C(F)(F)F)c2)no1. The molecular formula is C18H19F3N4O2. The summed E-state index contributed by atoms with van der Waals surface area (Å²) in [6, 6.07) is 1.73. The summed E-state index contributed by atoms with van der Waals surface area (Å²) in [7, 11) is 0. The van der Waals surface area contributed by atoms with Gasteiger partial charge in [-0.1, -0.05) is 11.6 Å². The number of amides is 1. The highest BCUT2D eigenvalue weighted by molar-refractivity contribution is 5.80. The molecule has 0 radical (unpaired) electrons. The zero-order valence-electron chi connectivity index (χ0n) is 14.7. The standard InChI is InChI=1S/C18H19F3N4O2/c1-10(23-15(26)12-8-17(9-12)4-2-5-17)16-24-14(25-27-16)11-3-6-22-13(7-11)18(19,20)21/h3,6-7,10,12H,2,4-5,8-9H2,1H3,(H,23,26). The molecule has 6 nitrogen and oxygen atoms in total. The average Bonchev–Trinajstić information content (AvgIpc) is 3.01. The van der Waals surface area contributed by atoms with Gasteiger partial charge >= 0.3 is 6.18 Å². The maximum atomic E-state index is 12.8. The molecule has 1 unspecified atom stereocenters. The lowest BCUT2D eigenvalue weighted by molar-refractivity contribution is -0.141. The number of hydrogen-bond donors (Lipinski definition) is 1. The van der Waals surface area contributed by atoms with E-state index in [1.807, 2.05) is 0 Å². The molecule has 2 saturated carbocycles. The summed E-state index contributed by atoms with van der Waals surface area (Å²) in [5.74, 6) is 0.158. The van der Waals surface area contributed by atoms with Crippen LogP contribution in [0.4, 0.5) is 13.2 Å². The Morgan fingerprint density at radius 3 is 2.74 bits per heavy atom. The van der Waals surface area contributed by atoms with Crippen molar-refractivity contribution in [3.05, 3.63) is 29.9 Å². The van der Waals surface area contributed by atoms with Crippen LogP contribution >= 0.6 is 0 Å². The third-order valence-electron chi connectivity index (χ3n) is 5.62. The molecule has 2 fully saturated rings. The Kier molecular flexibility index (Phi) is 4.20. The first-order valence-corrected chi connectivity index (χ1v) is 8.93. The second-order valence-electron chi connectivity index (χ2n) is 7.57. The van der Waals surface area contributed by atoms with Crippen molar-refractivity contribution < 1.29 is 22.5 Å². The molecule has 0 bridgehead atoms. The Morgan fingerprint density at radius 2 is 2.11 bits per heavy atom. The predicted octanol–water partition coefficient (Wildman–Crippen LogP) is 3.91. The zero-order valence-corrected chi connectivity index (χ0v) is 14.7. The molecule has 0 saturated heterocycles. The van der Waals surface area contributed by atoms with Gasteiger partial charge in [0.05, 0.1) is 0 Å². The van der Waals surface area contributed by atoms with Crippen LogP contribution in [0.25, 0.3) is 11.4 Å². The summed E-state index contributed by atoms with van der Waals surface area (Å²) < 4.78 is 43.5. The van der Waals surface area contributed by atoms with E-state index in [4.69, 9.17) is 4.52 Å². The molecule has 1 N–H and O–H groups in total. The van der Waals surface area contributed by atoms with E-state index in [0.29, 0.717) is 5.41 Å². The quantitative estimate of drug-likeness (QED) is 0.870. The summed E-state index contributed by atoms with van der Waals surface area (Å²) in [6.45, 7) is 1.71. The Balaban J connectivity index is 1.41. The first kappa shape index (κ1) is 17.9. The van der Waals surface area contributed by atoms with Crippen molar-refractivity contribution in [3.63, 3.8) is 0 Å². The van der Waals surface area contributed by atoms with Crippen LogP contribution in [-0.4, -0.2) is 21.0 Å². The van der Waals surface area contributed by atoms with Gasteiger partial charge in [0.2, 0.25) is 17.6 Å². The number of rotatable bonds is 4. The van der Waals surface area contributed by atoms with Crippen molar-refractivity contribution in [1.29, 1.82) is 0 Å². The molecule has 0 aliphatic heterocycles. The van der Waals surface area contributed by atoms with E-state index in [0.717, 1.165) is 25.1 Å². The van der Waals surface area contributed by atoms with E-state index < -0.39 is 17.9 Å². The van der Waals surface area contributed by atoms with Crippen LogP contribution in [0.1, 0.15) is 56.7 Å². The normalized spacial score (nSPS) is 20.0. The average molecular weight is 380 g/mol. The molecule has 2 aromatic rings. The Hall–Kier alpha value is -2.45. The van der Waals surface area contributed by atoms with Gasteiger partial charge in [0.25, 0.3) is 0 Å². The Morgan fingerprint density at radius 1 is 1.37 bits per heavy atom. The van der Waals surface area contributed by atoms with Gasteiger partial charge in [0, 0.05) is 17.7 Å². The minimum Gasteiger partial charge on any atom is -0.344 e. The van der Waals surface area contributed by atoms with Crippen molar-refractivity contribution in [3.8, 4) is 11.4 Å². The molecule has 2 aliphatic carbocycles. The molecule has 1 atom stereocenters. The monoisotopic (exact) mass is 380 g/mol. The molecule has 1 spiro atoms. The topological polar surface area (TPSA) is 80.9 Å². The highest BCUT2D eigenvalue weighted by Gasteiger charge is 2.50. The number of aromatic nitrogens is 3. The van der Waals surface area contributed by atoms with Crippen molar-refractivity contribution in [1.82, 2.24) is 20.4 Å². The lowest BCUT2D eigenvalue weighted by Gasteiger charge is -2.53. The van der Waals surface area contributed by atoms with Crippen LogP contribution in [0.3, 0.4) is 0 Å². The van der Waals surface area contributed by atoms with Crippen LogP contribution in [-0.2, 0) is 11.0 Å². The smallest absolute Gasteiger partial charge is 0.344 e. The van der Waals surface area contributed by atoms with E-state index >= 15 is 0 Å². The maximum absolute atomic E-state index is 12.8. The van der Waals surface area contributed by atoms with Crippen molar-refractivity contribution in [2.75, 3.05) is 0 Å². The number of hydrogen-bond acceptors (Lipinski definition) is 5. The predicted molar refractivity (Wildman–Crippen MR) is 88.1 cm³/mol. The third kappa shape index (κ3) is 3.42. The largest absolute Gasteiger partial charge is 0.433 e. The number of nitrogens with one attached hydrogen (secondary N) is 1. The van der Waals surface area contributed by atoms with Gasteiger partial charge in [0.1, 0.15) is 11.7 Å². The number of carbonyl (C=O) groups excluding carboxylic acids is 1. The van der Waals surface area contributed by atoms with E-state index in [-0.39, 0.29) is 29.1 Å². The van der Waals surface area contributed by atoms with Crippen LogP contribution in [0.2, 0.25) is 0 Å². The molecule has 2 aliphatic rings. The summed E-state index contributed by atoms with van der Waals surface area (Å²) in [5, 5.41) is 6.59. The number of nitrogens with zero attached hydrogens (tertiary/aromatic N) is 3. The van der Waals surface area contributed by atoms with E-state index in [1.165, 1.54) is 25.3 Å². The van der Waals surface area contributed by atoms with E-state index in [2.05, 4.69) is 20.4 Å². The number of alkyl halides is 3. The van der Waals surface area contributed by atoms with E-state index in [1.54, 1.807) is 6.92 Å². The summed E-state index contributed by atoms with van der Waals surface area (Å²) >= 11 is 0. The second-order valence-corrected chi connectivity index (χ2v) is 7.57. The number of pyridine rings is 1. The molecular weight excluding hydrogens is 361 g/mol. The third-order valence-corrected chi connectivity index (χ3v) is 5.62. The molecule has 0 aromatic carbocycles. The minimum absolute atomic E-state index is 0.0182. The summed E-state index contributed by atoms with van der Waals surface area (Å²) in [4.78, 5) is 19.8. The zero-order chi connectivity index (χ0) is 19.2. The van der Waals surface area contributed by atoms with Gasteiger partial charge in [-0.05, 0) is 50.2 Å². The van der Waals surface area contributed by atoms with Gasteiger partial charge in [-0.3, -0.25) is 9.78 Å². The molecule has 27 heavy (non-hydrogen) atoms. The van der Waals surface area contributed by atoms with Gasteiger partial charge in [0.15, 0.2) is 0 Å². The Labute approximate surface area is 153 Å². The fourth-order valence-electron chi connectivity index (χ4n) is 3.90. The molecule has 144 valence electrons. The van der Waals surface area contributed by atoms with Crippen LogP contribution in [0.5, 0.6) is 0 Å². The first-order valence-electron chi connectivity index (χ1n) is 8.93. The lowest BCUT2D eigenvalue weighted by atomic mass is 9.51. The molecule has 4 rings (SSSR count). The molecule has 9 heteroatoms. The van der Waals surface area contributed by atoms with Crippen LogP contribution in [0.15, 0.2) is 22.9 Å². The molecule has 2 aromatic heterocycles. The number of halogens is 3. The lowest BCUT2D eigenvalue weighted by Crippen LogP contribution is -2.49. The van der Waals surface area contributed by atoms with Crippen molar-refractivity contribution in [2.24, 2.45) is 11.3 Å². The minimum atomic E-state index is -4.55. The van der Waals surface area contributed by atoms with Crippen molar-refractivity contribution in [2.45, 2.75) is 51.2 Å². The highest BCUT2D eigenvalue weighted by atomic mass is 19.4. The number of carbonyl (C=O) groups is 1. The highest BCUT2D eigenvalue weighted by Crippen LogP contribution is 2.58. The van der Waals surface area contributed by atoms with Crippen LogP contribution in [0, 0.1) is 11.3 Å². The van der Waals surface area contributed by atoms with Gasteiger partial charge < -0.3 is 9.84 Å².